The molecular weight excluding hydrogens is 367 g/mol. The Labute approximate surface area is 160 Å². The molecule has 0 aliphatic heterocycles. The standard InChI is InChI=1S/C18H27Cl3N2O/c1-2-3-4-5-6-7-11-14-16(24)23-17(18(19,20)21)22-15-12-9-8-10-13-15/h8-10,12-13,17,22H,2-7,11,14H2,1H3,(H,23,24)/t17-/m0/s1. The second-order valence-corrected chi connectivity index (χ2v) is 8.29. The average Bonchev–Trinajstić information content (AvgIpc) is 2.53. The van der Waals surface area contributed by atoms with Gasteiger partial charge in [-0.05, 0) is 18.6 Å². The molecule has 1 atom stereocenters. The van der Waals surface area contributed by atoms with Crippen molar-refractivity contribution in [1.29, 1.82) is 0 Å². The Morgan fingerprint density at radius 3 is 2.17 bits per heavy atom. The van der Waals surface area contributed by atoms with Crippen LogP contribution in [-0.2, 0) is 4.79 Å². The highest BCUT2D eigenvalue weighted by molar-refractivity contribution is 6.68. The highest BCUT2D eigenvalue weighted by Crippen LogP contribution is 2.31. The van der Waals surface area contributed by atoms with Crippen molar-refractivity contribution in [2.75, 3.05) is 5.32 Å². The molecule has 1 rings (SSSR count). The molecule has 0 fully saturated rings. The van der Waals surface area contributed by atoms with E-state index in [1.807, 2.05) is 30.3 Å². The van der Waals surface area contributed by atoms with Crippen LogP contribution in [0.1, 0.15) is 58.3 Å². The van der Waals surface area contributed by atoms with Crippen LogP contribution in [0.4, 0.5) is 5.69 Å². The Balaban J connectivity index is 2.34. The number of alkyl halides is 3. The number of para-hydroxylation sites is 1. The van der Waals surface area contributed by atoms with Gasteiger partial charge in [-0.15, -0.1) is 0 Å². The topological polar surface area (TPSA) is 41.1 Å². The first kappa shape index (κ1) is 21.4. The minimum absolute atomic E-state index is 0.108. The van der Waals surface area contributed by atoms with Crippen LogP contribution in [0.3, 0.4) is 0 Å². The lowest BCUT2D eigenvalue weighted by Gasteiger charge is -2.27. The molecule has 1 aromatic carbocycles. The summed E-state index contributed by atoms with van der Waals surface area (Å²) in [6.07, 6.45) is 7.80. The second kappa shape index (κ2) is 11.8. The highest BCUT2D eigenvalue weighted by atomic mass is 35.6. The van der Waals surface area contributed by atoms with Crippen molar-refractivity contribution in [1.82, 2.24) is 5.32 Å². The van der Waals surface area contributed by atoms with Gasteiger partial charge in [0, 0.05) is 12.1 Å². The maximum absolute atomic E-state index is 12.1. The molecule has 0 unspecified atom stereocenters. The molecule has 0 saturated heterocycles. The number of carbonyl (C=O) groups excluding carboxylic acids is 1. The molecule has 1 aromatic rings. The molecular formula is C18H27Cl3N2O. The minimum Gasteiger partial charge on any atom is -0.362 e. The summed E-state index contributed by atoms with van der Waals surface area (Å²) in [7, 11) is 0. The van der Waals surface area contributed by atoms with Gasteiger partial charge >= 0.3 is 0 Å². The van der Waals surface area contributed by atoms with Gasteiger partial charge in [-0.2, -0.15) is 0 Å². The van der Waals surface area contributed by atoms with E-state index in [1.54, 1.807) is 0 Å². The maximum Gasteiger partial charge on any atom is 0.228 e. The maximum atomic E-state index is 12.1. The molecule has 0 radical (unpaired) electrons. The summed E-state index contributed by atoms with van der Waals surface area (Å²) >= 11 is 17.9. The van der Waals surface area contributed by atoms with Gasteiger partial charge in [0.1, 0.15) is 6.17 Å². The number of halogens is 3. The number of hydrogen-bond acceptors (Lipinski definition) is 2. The first-order chi connectivity index (χ1) is 11.4. The zero-order chi connectivity index (χ0) is 17.8. The van der Waals surface area contributed by atoms with Gasteiger partial charge in [-0.3, -0.25) is 4.79 Å². The smallest absolute Gasteiger partial charge is 0.228 e. The van der Waals surface area contributed by atoms with E-state index in [-0.39, 0.29) is 5.91 Å². The summed E-state index contributed by atoms with van der Waals surface area (Å²) in [4.78, 5) is 12.1. The van der Waals surface area contributed by atoms with Crippen LogP contribution < -0.4 is 10.6 Å². The molecule has 1 amide bonds. The van der Waals surface area contributed by atoms with Crippen molar-refractivity contribution in [3.05, 3.63) is 30.3 Å². The van der Waals surface area contributed by atoms with Crippen LogP contribution in [0.15, 0.2) is 30.3 Å². The van der Waals surface area contributed by atoms with Crippen LogP contribution in [0.2, 0.25) is 0 Å². The third-order valence-corrected chi connectivity index (χ3v) is 4.38. The summed E-state index contributed by atoms with van der Waals surface area (Å²) in [5.41, 5.74) is 0.782. The van der Waals surface area contributed by atoms with Gasteiger partial charge in [0.15, 0.2) is 0 Å². The first-order valence-electron chi connectivity index (χ1n) is 8.61. The Kier molecular flexibility index (Phi) is 10.6. The normalized spacial score (nSPS) is 12.7. The van der Waals surface area contributed by atoms with E-state index in [2.05, 4.69) is 17.6 Å². The Morgan fingerprint density at radius 2 is 1.58 bits per heavy atom. The zero-order valence-corrected chi connectivity index (χ0v) is 16.4. The number of amides is 1. The Morgan fingerprint density at radius 1 is 1.00 bits per heavy atom. The molecule has 0 aromatic heterocycles. The molecule has 0 saturated carbocycles. The van der Waals surface area contributed by atoms with Crippen molar-refractivity contribution in [3.63, 3.8) is 0 Å². The molecule has 0 spiro atoms. The zero-order valence-electron chi connectivity index (χ0n) is 14.2. The molecule has 24 heavy (non-hydrogen) atoms. The van der Waals surface area contributed by atoms with Crippen LogP contribution in [0.5, 0.6) is 0 Å². The summed E-state index contributed by atoms with van der Waals surface area (Å²) in [6, 6.07) is 9.35. The van der Waals surface area contributed by atoms with Crippen molar-refractivity contribution in [2.45, 2.75) is 68.2 Å². The number of unbranched alkanes of at least 4 members (excludes halogenated alkanes) is 6. The van der Waals surface area contributed by atoms with Gasteiger partial charge in [-0.1, -0.05) is 98.5 Å². The van der Waals surface area contributed by atoms with Crippen molar-refractivity contribution < 1.29 is 4.79 Å². The molecule has 0 heterocycles. The number of nitrogens with one attached hydrogen (secondary N) is 2. The van der Waals surface area contributed by atoms with E-state index in [0.717, 1.165) is 18.5 Å². The van der Waals surface area contributed by atoms with Gasteiger partial charge in [0.25, 0.3) is 0 Å². The second-order valence-electron chi connectivity index (χ2n) is 5.92. The summed E-state index contributed by atoms with van der Waals surface area (Å²) in [6.45, 7) is 2.20. The minimum atomic E-state index is -1.63. The number of carbonyl (C=O) groups is 1. The van der Waals surface area contributed by atoms with Gasteiger partial charge in [-0.25, -0.2) is 0 Å². The number of rotatable bonds is 11. The Hall–Kier alpha value is -0.640. The van der Waals surface area contributed by atoms with Gasteiger partial charge < -0.3 is 10.6 Å². The van der Waals surface area contributed by atoms with E-state index in [9.17, 15) is 4.79 Å². The third kappa shape index (κ3) is 9.61. The molecule has 0 bridgehead atoms. The predicted octanol–water partition coefficient (Wildman–Crippen LogP) is 6.05. The third-order valence-electron chi connectivity index (χ3n) is 3.72. The monoisotopic (exact) mass is 392 g/mol. The summed E-state index contributed by atoms with van der Waals surface area (Å²) < 4.78 is -1.63. The molecule has 3 nitrogen and oxygen atoms in total. The lowest BCUT2D eigenvalue weighted by atomic mass is 10.1. The van der Waals surface area contributed by atoms with E-state index < -0.39 is 9.96 Å². The SMILES string of the molecule is CCCCCCCCCC(=O)N[C@H](Nc1ccccc1)C(Cl)(Cl)Cl. The fourth-order valence-corrected chi connectivity index (χ4v) is 2.70. The largest absolute Gasteiger partial charge is 0.362 e. The first-order valence-corrected chi connectivity index (χ1v) is 9.74. The predicted molar refractivity (Wildman–Crippen MR) is 105 cm³/mol. The highest BCUT2D eigenvalue weighted by Gasteiger charge is 2.33. The molecule has 6 heteroatoms. The van der Waals surface area contributed by atoms with Crippen LogP contribution >= 0.6 is 34.8 Å². The molecule has 136 valence electrons. The summed E-state index contributed by atoms with van der Waals surface area (Å²) in [5.74, 6) is -0.108. The summed E-state index contributed by atoms with van der Waals surface area (Å²) in [5, 5.41) is 5.82. The van der Waals surface area contributed by atoms with Gasteiger partial charge in [0.05, 0.1) is 0 Å². The lowest BCUT2D eigenvalue weighted by Crippen LogP contribution is -2.49. The van der Waals surface area contributed by atoms with Gasteiger partial charge in [0.2, 0.25) is 9.70 Å². The number of hydrogen-bond donors (Lipinski definition) is 2. The lowest BCUT2D eigenvalue weighted by molar-refractivity contribution is -0.121. The quantitative estimate of drug-likeness (QED) is 0.273. The van der Waals surface area contributed by atoms with Crippen molar-refractivity contribution in [2.24, 2.45) is 0 Å². The molecule has 2 N–H and O–H groups in total. The fraction of sp³-hybridized carbons (Fsp3) is 0.611. The van der Waals surface area contributed by atoms with E-state index in [4.69, 9.17) is 34.8 Å². The Bertz CT molecular complexity index is 463. The molecule has 0 aliphatic carbocycles. The number of anilines is 1. The van der Waals surface area contributed by atoms with E-state index >= 15 is 0 Å². The van der Waals surface area contributed by atoms with E-state index in [0.29, 0.717) is 6.42 Å². The van der Waals surface area contributed by atoms with Crippen LogP contribution in [-0.4, -0.2) is 15.9 Å². The van der Waals surface area contributed by atoms with Crippen molar-refractivity contribution in [3.8, 4) is 0 Å². The van der Waals surface area contributed by atoms with Crippen molar-refractivity contribution >= 4 is 46.4 Å². The molecule has 0 aliphatic rings. The number of benzene rings is 1. The average molecular weight is 394 g/mol. The fourth-order valence-electron chi connectivity index (χ4n) is 2.38. The van der Waals surface area contributed by atoms with Crippen LogP contribution in [0, 0.1) is 0 Å². The van der Waals surface area contributed by atoms with Crippen LogP contribution in [0.25, 0.3) is 0 Å². The van der Waals surface area contributed by atoms with E-state index in [1.165, 1.54) is 32.1 Å².